The Morgan fingerprint density at radius 2 is 2.12 bits per heavy atom. The van der Waals surface area contributed by atoms with E-state index >= 15 is 0 Å². The highest BCUT2D eigenvalue weighted by Gasteiger charge is 2.20. The van der Waals surface area contributed by atoms with E-state index in [4.69, 9.17) is 0 Å². The molecule has 0 amide bonds. The van der Waals surface area contributed by atoms with Crippen LogP contribution in [0, 0.1) is 0 Å². The number of carbonyl (C=O) groups excluding carboxylic acids is 2. The molecule has 0 aromatic carbocycles. The minimum Gasteiger partial charge on any atom is -0.469 e. The summed E-state index contributed by atoms with van der Waals surface area (Å²) in [4.78, 5) is 22.2. The van der Waals surface area contributed by atoms with Crippen LogP contribution in [-0.4, -0.2) is 41.0 Å². The Kier molecular flexibility index (Phi) is 4.22. The first-order valence-corrected chi connectivity index (χ1v) is 4.86. The van der Waals surface area contributed by atoms with Crippen molar-refractivity contribution >= 4 is 11.9 Å². The Hall–Kier alpha value is -1.89. The number of aliphatic hydroxyl groups excluding tert-OH is 1. The number of aryl methyl sites for hydroxylation is 1. The number of hydrogen-bond donors (Lipinski definition) is 1. The number of hydrogen-bond acceptors (Lipinski definition) is 6. The topological polar surface area (TPSA) is 90.7 Å². The van der Waals surface area contributed by atoms with Crippen molar-refractivity contribution in [3.8, 4) is 0 Å². The van der Waals surface area contributed by atoms with Gasteiger partial charge in [-0.15, -0.1) is 0 Å². The third-order valence-corrected chi connectivity index (χ3v) is 2.24. The van der Waals surface area contributed by atoms with Crippen molar-refractivity contribution in [1.29, 1.82) is 0 Å². The molecule has 0 saturated heterocycles. The number of rotatable bonds is 4. The molecule has 0 fully saturated rings. The van der Waals surface area contributed by atoms with Gasteiger partial charge in [-0.05, 0) is 6.07 Å². The Morgan fingerprint density at radius 1 is 1.47 bits per heavy atom. The molecule has 0 saturated carbocycles. The van der Waals surface area contributed by atoms with Gasteiger partial charge in [-0.1, -0.05) is 0 Å². The maximum Gasteiger partial charge on any atom is 0.358 e. The fraction of sp³-hybridized carbons (Fsp3) is 0.500. The Balaban J connectivity index is 2.87. The van der Waals surface area contributed by atoms with E-state index in [1.165, 1.54) is 25.0 Å². The van der Waals surface area contributed by atoms with Crippen LogP contribution in [0.1, 0.15) is 28.7 Å². The average molecular weight is 242 g/mol. The molecule has 17 heavy (non-hydrogen) atoms. The lowest BCUT2D eigenvalue weighted by atomic mass is 10.2. The first-order valence-electron chi connectivity index (χ1n) is 4.86. The van der Waals surface area contributed by atoms with E-state index in [1.807, 2.05) is 0 Å². The van der Waals surface area contributed by atoms with Gasteiger partial charge in [0.25, 0.3) is 0 Å². The van der Waals surface area contributed by atoms with Crippen molar-refractivity contribution in [1.82, 2.24) is 9.78 Å². The summed E-state index contributed by atoms with van der Waals surface area (Å²) in [5, 5.41) is 13.6. The van der Waals surface area contributed by atoms with E-state index in [0.717, 1.165) is 0 Å². The van der Waals surface area contributed by atoms with Gasteiger partial charge in [0.15, 0.2) is 5.69 Å². The molecule has 1 aromatic rings. The van der Waals surface area contributed by atoms with Crippen LogP contribution in [-0.2, 0) is 21.3 Å². The monoisotopic (exact) mass is 242 g/mol. The lowest BCUT2D eigenvalue weighted by Gasteiger charge is -2.08. The van der Waals surface area contributed by atoms with Crippen LogP contribution < -0.4 is 0 Å². The predicted molar refractivity (Wildman–Crippen MR) is 56.1 cm³/mol. The molecule has 0 bridgehead atoms. The van der Waals surface area contributed by atoms with Crippen LogP contribution in [0.15, 0.2) is 6.07 Å². The first kappa shape index (κ1) is 13.2. The summed E-state index contributed by atoms with van der Waals surface area (Å²) in [5.41, 5.74) is 0.421. The summed E-state index contributed by atoms with van der Waals surface area (Å²) in [5.74, 6) is -1.14. The Bertz CT molecular complexity index is 426. The largest absolute Gasteiger partial charge is 0.469 e. The fourth-order valence-corrected chi connectivity index (χ4v) is 1.34. The lowest BCUT2D eigenvalue weighted by molar-refractivity contribution is -0.143. The van der Waals surface area contributed by atoms with Gasteiger partial charge in [0.2, 0.25) is 0 Å². The van der Waals surface area contributed by atoms with Crippen molar-refractivity contribution < 1.29 is 24.2 Å². The van der Waals surface area contributed by atoms with Crippen LogP contribution in [0.25, 0.3) is 0 Å². The summed E-state index contributed by atoms with van der Waals surface area (Å²) < 4.78 is 10.3. The second-order valence-corrected chi connectivity index (χ2v) is 3.37. The summed E-state index contributed by atoms with van der Waals surface area (Å²) >= 11 is 0. The highest BCUT2D eigenvalue weighted by molar-refractivity contribution is 5.87. The van der Waals surface area contributed by atoms with Crippen molar-refractivity contribution in [2.45, 2.75) is 12.5 Å². The zero-order chi connectivity index (χ0) is 13.0. The van der Waals surface area contributed by atoms with Crippen LogP contribution in [0.3, 0.4) is 0 Å². The zero-order valence-corrected chi connectivity index (χ0v) is 9.84. The average Bonchev–Trinajstić information content (AvgIpc) is 2.70. The van der Waals surface area contributed by atoms with Crippen molar-refractivity contribution in [2.75, 3.05) is 14.2 Å². The van der Waals surface area contributed by atoms with Gasteiger partial charge in [0.05, 0.1) is 26.3 Å². The number of aromatic nitrogens is 2. The van der Waals surface area contributed by atoms with Crippen LogP contribution in [0.4, 0.5) is 0 Å². The second kappa shape index (κ2) is 5.44. The third-order valence-electron chi connectivity index (χ3n) is 2.24. The van der Waals surface area contributed by atoms with Gasteiger partial charge < -0.3 is 14.6 Å². The maximum atomic E-state index is 11.2. The van der Waals surface area contributed by atoms with Crippen molar-refractivity contribution in [2.24, 2.45) is 7.05 Å². The molecule has 1 N–H and O–H groups in total. The highest BCUT2D eigenvalue weighted by atomic mass is 16.5. The van der Waals surface area contributed by atoms with Gasteiger partial charge in [0, 0.05) is 7.05 Å². The normalized spacial score (nSPS) is 12.0. The molecule has 0 radical (unpaired) electrons. The van der Waals surface area contributed by atoms with E-state index in [-0.39, 0.29) is 12.1 Å². The van der Waals surface area contributed by atoms with Crippen LogP contribution in [0.5, 0.6) is 0 Å². The highest BCUT2D eigenvalue weighted by Crippen LogP contribution is 2.18. The van der Waals surface area contributed by atoms with Gasteiger partial charge in [-0.25, -0.2) is 4.79 Å². The standard InChI is InChI=1S/C10H14N2O5/c1-12-7(8(13)5-9(14)16-2)4-6(11-12)10(15)17-3/h4,8,13H,5H2,1-3H3/t8-/m1/s1. The van der Waals surface area contributed by atoms with Crippen molar-refractivity contribution in [3.63, 3.8) is 0 Å². The number of nitrogens with zero attached hydrogens (tertiary/aromatic N) is 2. The molecule has 0 aliphatic heterocycles. The molecule has 1 rings (SSSR count). The van der Waals surface area contributed by atoms with Gasteiger partial charge in [-0.2, -0.15) is 5.10 Å². The van der Waals surface area contributed by atoms with Gasteiger partial charge in [-0.3, -0.25) is 9.48 Å². The number of ether oxygens (including phenoxy) is 2. The molecule has 94 valence electrons. The predicted octanol–water partition coefficient (Wildman–Crippen LogP) is -0.197. The minimum atomic E-state index is -1.07. The van der Waals surface area contributed by atoms with E-state index < -0.39 is 18.0 Å². The van der Waals surface area contributed by atoms with Crippen LogP contribution >= 0.6 is 0 Å². The summed E-state index contributed by atoms with van der Waals surface area (Å²) in [6.45, 7) is 0. The number of methoxy groups -OCH3 is 2. The smallest absolute Gasteiger partial charge is 0.358 e. The molecule has 1 atom stereocenters. The zero-order valence-electron chi connectivity index (χ0n) is 9.84. The third kappa shape index (κ3) is 3.04. The van der Waals surface area contributed by atoms with E-state index in [0.29, 0.717) is 5.69 Å². The van der Waals surface area contributed by atoms with E-state index in [1.54, 1.807) is 7.05 Å². The molecule has 0 spiro atoms. The van der Waals surface area contributed by atoms with Gasteiger partial charge in [0.1, 0.15) is 6.10 Å². The quantitative estimate of drug-likeness (QED) is 0.735. The summed E-state index contributed by atoms with van der Waals surface area (Å²) in [6.07, 6.45) is -1.27. The lowest BCUT2D eigenvalue weighted by Crippen LogP contribution is -2.11. The Morgan fingerprint density at radius 3 is 2.65 bits per heavy atom. The summed E-state index contributed by atoms with van der Waals surface area (Å²) in [7, 11) is 4.03. The van der Waals surface area contributed by atoms with E-state index in [2.05, 4.69) is 14.6 Å². The molecule has 0 aliphatic rings. The molecular formula is C10H14N2O5. The minimum absolute atomic E-state index is 0.0777. The van der Waals surface area contributed by atoms with E-state index in [9.17, 15) is 14.7 Å². The summed E-state index contributed by atoms with van der Waals surface area (Å²) in [6, 6.07) is 1.37. The van der Waals surface area contributed by atoms with Crippen molar-refractivity contribution in [3.05, 3.63) is 17.5 Å². The van der Waals surface area contributed by atoms with Gasteiger partial charge >= 0.3 is 11.9 Å². The Labute approximate surface area is 97.9 Å². The fourth-order valence-electron chi connectivity index (χ4n) is 1.34. The molecule has 0 aliphatic carbocycles. The maximum absolute atomic E-state index is 11.2. The molecule has 1 heterocycles. The van der Waals surface area contributed by atoms with Crippen LogP contribution in [0.2, 0.25) is 0 Å². The molecule has 0 unspecified atom stereocenters. The number of carbonyl (C=O) groups is 2. The molecule has 7 heteroatoms. The first-order chi connectivity index (χ1) is 7.99. The number of esters is 2. The second-order valence-electron chi connectivity index (χ2n) is 3.37. The molecular weight excluding hydrogens is 228 g/mol. The SMILES string of the molecule is COC(=O)C[C@@H](O)c1cc(C(=O)OC)nn1C. The number of aliphatic hydroxyl groups is 1. The molecule has 7 nitrogen and oxygen atoms in total. The molecule has 1 aromatic heterocycles.